The van der Waals surface area contributed by atoms with Crippen molar-refractivity contribution in [3.8, 4) is 6.07 Å². The molecule has 1 aliphatic rings. The van der Waals surface area contributed by atoms with Gasteiger partial charge < -0.3 is 29.8 Å². The first-order valence-electron chi connectivity index (χ1n) is 10.7. The molecule has 1 saturated heterocycles. The zero-order chi connectivity index (χ0) is 25.3. The third-order valence-electron chi connectivity index (χ3n) is 5.38. The summed E-state index contributed by atoms with van der Waals surface area (Å²) in [4.78, 5) is 28.0. The Kier molecular flexibility index (Phi) is 7.11. The van der Waals surface area contributed by atoms with Gasteiger partial charge in [0.2, 0.25) is 5.60 Å². The average Bonchev–Trinajstić information content (AvgIpc) is 3.32. The maximum Gasteiger partial charge on any atom is 0.313 e. The van der Waals surface area contributed by atoms with Gasteiger partial charge in [-0.25, -0.2) is 9.50 Å². The second-order valence-electron chi connectivity index (χ2n) is 9.33. The maximum atomic E-state index is 12.1. The van der Waals surface area contributed by atoms with Crippen LogP contribution in [-0.4, -0.2) is 63.4 Å². The van der Waals surface area contributed by atoms with Crippen LogP contribution < -0.4 is 5.73 Å². The van der Waals surface area contributed by atoms with Crippen LogP contribution in [0.1, 0.15) is 40.3 Å². The van der Waals surface area contributed by atoms with Crippen molar-refractivity contribution < 1.29 is 33.6 Å². The highest BCUT2D eigenvalue weighted by atomic mass is 16.7. The van der Waals surface area contributed by atoms with Crippen molar-refractivity contribution in [3.63, 3.8) is 0 Å². The average molecular weight is 476 g/mol. The molecule has 12 nitrogen and oxygen atoms in total. The lowest BCUT2D eigenvalue weighted by molar-refractivity contribution is -0.178. The third-order valence-corrected chi connectivity index (χ3v) is 5.38. The van der Waals surface area contributed by atoms with Crippen LogP contribution in [0, 0.1) is 22.7 Å². The first-order valence-corrected chi connectivity index (χ1v) is 10.7. The Bertz CT molecular complexity index is 1100. The van der Waals surface area contributed by atoms with E-state index in [2.05, 4.69) is 10.1 Å². The van der Waals surface area contributed by atoms with Crippen molar-refractivity contribution in [2.45, 2.75) is 58.5 Å². The van der Waals surface area contributed by atoms with E-state index in [1.165, 1.54) is 16.9 Å². The van der Waals surface area contributed by atoms with E-state index in [-0.39, 0.29) is 18.1 Å². The van der Waals surface area contributed by atoms with Gasteiger partial charge in [0, 0.05) is 0 Å². The van der Waals surface area contributed by atoms with Gasteiger partial charge in [-0.2, -0.15) is 10.4 Å². The molecule has 3 heterocycles. The maximum absolute atomic E-state index is 12.1. The van der Waals surface area contributed by atoms with Crippen LogP contribution in [0.15, 0.2) is 18.5 Å². The number of carbonyl (C=O) groups is 2. The number of hydrogen-bond donors (Lipinski definition) is 2. The molecule has 0 amide bonds. The summed E-state index contributed by atoms with van der Waals surface area (Å²) >= 11 is 0. The van der Waals surface area contributed by atoms with E-state index in [0.717, 1.165) is 0 Å². The summed E-state index contributed by atoms with van der Waals surface area (Å²) in [6.07, 6.45) is -2.56. The predicted octanol–water partition coefficient (Wildman–Crippen LogP) is 0.921. The molecule has 1 aliphatic heterocycles. The fourth-order valence-electron chi connectivity index (χ4n) is 3.45. The summed E-state index contributed by atoms with van der Waals surface area (Å²) in [6.45, 7) is 7.60. The number of nitrogen functional groups attached to an aromatic ring is 1. The highest BCUT2D eigenvalue weighted by molar-refractivity contribution is 5.75. The molecule has 12 heteroatoms. The van der Waals surface area contributed by atoms with Crippen LogP contribution in [0.5, 0.6) is 0 Å². The molecule has 4 atom stereocenters. The van der Waals surface area contributed by atoms with Crippen LogP contribution in [-0.2, 0) is 34.1 Å². The molecular weight excluding hydrogens is 446 g/mol. The largest absolute Gasteiger partial charge is 0.463 e. The number of esters is 2. The van der Waals surface area contributed by atoms with E-state index in [4.69, 9.17) is 24.7 Å². The van der Waals surface area contributed by atoms with E-state index in [0.29, 0.717) is 5.52 Å². The van der Waals surface area contributed by atoms with Gasteiger partial charge >= 0.3 is 11.9 Å². The van der Waals surface area contributed by atoms with E-state index in [9.17, 15) is 20.0 Å². The molecule has 0 spiro atoms. The molecule has 184 valence electrons. The second kappa shape index (κ2) is 9.54. The number of hydrogen-bond acceptors (Lipinski definition) is 11. The minimum Gasteiger partial charge on any atom is -0.463 e. The topological polar surface area (TPSA) is 171 Å². The van der Waals surface area contributed by atoms with Gasteiger partial charge in [-0.05, 0) is 32.9 Å². The molecule has 0 saturated carbocycles. The molecule has 3 N–H and O–H groups in total. The molecule has 0 aliphatic carbocycles. The Morgan fingerprint density at radius 1 is 1.35 bits per heavy atom. The molecule has 2 aromatic heterocycles. The van der Waals surface area contributed by atoms with Gasteiger partial charge in [0.1, 0.15) is 42.8 Å². The van der Waals surface area contributed by atoms with E-state index >= 15 is 0 Å². The zero-order valence-electron chi connectivity index (χ0n) is 19.7. The lowest BCUT2D eigenvalue weighted by Gasteiger charge is -2.25. The third kappa shape index (κ3) is 4.68. The van der Waals surface area contributed by atoms with E-state index < -0.39 is 54.0 Å². The predicted molar refractivity (Wildman–Crippen MR) is 117 cm³/mol. The SMILES string of the molecule is CC(C)C(=O)OC[C@H]1O[C@@](C#N)(c2ccc3c(N)ncnn23)[C@H](O)[C@@H]1OCOC(=O)C(C)(C)C. The van der Waals surface area contributed by atoms with Crippen molar-refractivity contribution >= 4 is 23.3 Å². The van der Waals surface area contributed by atoms with Crippen molar-refractivity contribution in [2.75, 3.05) is 19.1 Å². The zero-order valence-corrected chi connectivity index (χ0v) is 19.7. The Hall–Kier alpha value is -3.27. The van der Waals surface area contributed by atoms with E-state index in [1.807, 2.05) is 6.07 Å². The number of anilines is 1. The lowest BCUT2D eigenvalue weighted by Crippen LogP contribution is -2.43. The molecule has 0 unspecified atom stereocenters. The highest BCUT2D eigenvalue weighted by Gasteiger charge is 2.59. The summed E-state index contributed by atoms with van der Waals surface area (Å²) in [5.41, 5.74) is 3.78. The van der Waals surface area contributed by atoms with Crippen LogP contribution in [0.3, 0.4) is 0 Å². The van der Waals surface area contributed by atoms with Gasteiger partial charge in [0.25, 0.3) is 0 Å². The normalized spacial score (nSPS) is 24.8. The number of fused-ring (bicyclic) bond motifs is 1. The highest BCUT2D eigenvalue weighted by Crippen LogP contribution is 2.41. The molecule has 0 radical (unpaired) electrons. The standard InChI is InChI=1S/C22H29N5O7/c1-12(2)19(29)31-8-14-16(32-11-33-20(30)21(3,4)5)17(28)22(9-23,34-14)15-7-6-13-18(24)25-10-26-27(13)15/h6-7,10,12,14,16-17,28H,8,11H2,1-5H3,(H2,24,25,26)/t14-,16-,17-,22+/m1/s1. The number of rotatable bonds is 7. The van der Waals surface area contributed by atoms with Crippen LogP contribution in [0.25, 0.3) is 5.52 Å². The molecule has 1 fully saturated rings. The van der Waals surface area contributed by atoms with Gasteiger partial charge in [-0.15, -0.1) is 0 Å². The van der Waals surface area contributed by atoms with Crippen LogP contribution in [0.2, 0.25) is 0 Å². The van der Waals surface area contributed by atoms with Crippen LogP contribution in [0.4, 0.5) is 5.82 Å². The first-order chi connectivity index (χ1) is 15.9. The van der Waals surface area contributed by atoms with E-state index in [1.54, 1.807) is 40.7 Å². The van der Waals surface area contributed by atoms with Crippen molar-refractivity contribution in [2.24, 2.45) is 11.3 Å². The summed E-state index contributed by atoms with van der Waals surface area (Å²) in [6, 6.07) is 5.14. The minimum atomic E-state index is -1.94. The molecule has 3 rings (SSSR count). The molecular formula is C22H29N5O7. The first kappa shape index (κ1) is 25.4. The van der Waals surface area contributed by atoms with Crippen molar-refractivity contribution in [1.82, 2.24) is 14.6 Å². The van der Waals surface area contributed by atoms with Gasteiger partial charge in [0.15, 0.2) is 12.6 Å². The van der Waals surface area contributed by atoms with Gasteiger partial charge in [0.05, 0.1) is 17.0 Å². The molecule has 2 aromatic rings. The number of aliphatic hydroxyl groups is 1. The fourth-order valence-corrected chi connectivity index (χ4v) is 3.45. The number of ether oxygens (including phenoxy) is 4. The minimum absolute atomic E-state index is 0.172. The van der Waals surface area contributed by atoms with Gasteiger partial charge in [-0.1, -0.05) is 13.8 Å². The summed E-state index contributed by atoms with van der Waals surface area (Å²) in [5.74, 6) is -1.22. The number of aliphatic hydroxyl groups excluding tert-OH is 1. The molecule has 0 aromatic carbocycles. The Morgan fingerprint density at radius 3 is 2.68 bits per heavy atom. The van der Waals surface area contributed by atoms with Crippen molar-refractivity contribution in [1.29, 1.82) is 5.26 Å². The monoisotopic (exact) mass is 475 g/mol. The van der Waals surface area contributed by atoms with Crippen molar-refractivity contribution in [3.05, 3.63) is 24.2 Å². The van der Waals surface area contributed by atoms with Crippen LogP contribution >= 0.6 is 0 Å². The lowest BCUT2D eigenvalue weighted by atomic mass is 9.92. The summed E-state index contributed by atoms with van der Waals surface area (Å²) < 4.78 is 23.4. The molecule has 34 heavy (non-hydrogen) atoms. The molecule has 0 bridgehead atoms. The fraction of sp³-hybridized carbons (Fsp3) is 0.591. The number of nitrogens with two attached hydrogens (primary N) is 1. The number of aromatic nitrogens is 3. The van der Waals surface area contributed by atoms with Gasteiger partial charge in [-0.3, -0.25) is 9.59 Å². The number of carbonyl (C=O) groups excluding carboxylic acids is 2. The Balaban J connectivity index is 1.92. The Labute approximate surface area is 196 Å². The number of nitriles is 1. The second-order valence-corrected chi connectivity index (χ2v) is 9.33. The number of nitrogens with zero attached hydrogens (tertiary/aromatic N) is 4. The Morgan fingerprint density at radius 2 is 2.06 bits per heavy atom. The quantitative estimate of drug-likeness (QED) is 0.431. The smallest absolute Gasteiger partial charge is 0.313 e. The summed E-state index contributed by atoms with van der Waals surface area (Å²) in [5, 5.41) is 25.5. The summed E-state index contributed by atoms with van der Waals surface area (Å²) in [7, 11) is 0.